The molecule has 0 saturated carbocycles. The topological polar surface area (TPSA) is 12.0 Å². The molecule has 2 aromatic rings. The Morgan fingerprint density at radius 3 is 2.65 bits per heavy atom. The van der Waals surface area contributed by atoms with Gasteiger partial charge in [-0.05, 0) is 48.5 Å². The molecule has 20 heavy (non-hydrogen) atoms. The Morgan fingerprint density at radius 2 is 1.95 bits per heavy atom. The lowest BCUT2D eigenvalue weighted by Crippen LogP contribution is -2.23. The molecular weight excluding hydrogens is 269 g/mol. The van der Waals surface area contributed by atoms with Crippen molar-refractivity contribution in [1.29, 1.82) is 0 Å². The van der Waals surface area contributed by atoms with Gasteiger partial charge in [0.2, 0.25) is 0 Å². The summed E-state index contributed by atoms with van der Waals surface area (Å²) in [6.45, 7) is 2.99. The largest absolute Gasteiger partial charge is 0.310 e. The van der Waals surface area contributed by atoms with Crippen LogP contribution in [0.2, 0.25) is 0 Å². The number of benzene rings is 2. The molecule has 0 spiro atoms. The molecule has 106 valence electrons. The van der Waals surface area contributed by atoms with Gasteiger partial charge in [0.15, 0.2) is 0 Å². The Kier molecular flexibility index (Phi) is 5.62. The van der Waals surface area contributed by atoms with Gasteiger partial charge < -0.3 is 5.32 Å². The Labute approximate surface area is 124 Å². The van der Waals surface area contributed by atoms with E-state index in [1.54, 1.807) is 23.9 Å². The summed E-state index contributed by atoms with van der Waals surface area (Å²) in [6.07, 6.45) is 2.88. The molecule has 0 aliphatic heterocycles. The van der Waals surface area contributed by atoms with Crippen LogP contribution in [0.1, 0.15) is 24.1 Å². The lowest BCUT2D eigenvalue weighted by molar-refractivity contribution is 0.539. The maximum atomic E-state index is 13.3. The Balaban J connectivity index is 2.26. The van der Waals surface area contributed by atoms with Gasteiger partial charge in [0.25, 0.3) is 0 Å². The molecule has 0 aromatic heterocycles. The van der Waals surface area contributed by atoms with Gasteiger partial charge in [0.1, 0.15) is 5.82 Å². The highest BCUT2D eigenvalue weighted by Crippen LogP contribution is 2.28. The van der Waals surface area contributed by atoms with E-state index in [4.69, 9.17) is 0 Å². The fourth-order valence-electron chi connectivity index (χ4n) is 2.39. The summed E-state index contributed by atoms with van der Waals surface area (Å²) in [7, 11) is 0. The van der Waals surface area contributed by atoms with Crippen molar-refractivity contribution in [1.82, 2.24) is 5.32 Å². The third-order valence-corrected chi connectivity index (χ3v) is 4.11. The Hall–Kier alpha value is -1.32. The molecule has 0 aliphatic rings. The molecule has 2 aromatic carbocycles. The van der Waals surface area contributed by atoms with Crippen LogP contribution in [-0.4, -0.2) is 12.8 Å². The van der Waals surface area contributed by atoms with E-state index in [2.05, 4.69) is 42.8 Å². The van der Waals surface area contributed by atoms with Crippen LogP contribution in [0.15, 0.2) is 53.4 Å². The molecule has 0 saturated heterocycles. The van der Waals surface area contributed by atoms with Gasteiger partial charge in [-0.2, -0.15) is 0 Å². The normalized spacial score (nSPS) is 12.3. The molecule has 1 atom stereocenters. The summed E-state index contributed by atoms with van der Waals surface area (Å²) in [5, 5.41) is 3.51. The van der Waals surface area contributed by atoms with Crippen molar-refractivity contribution < 1.29 is 4.39 Å². The first-order valence-corrected chi connectivity index (χ1v) is 8.07. The van der Waals surface area contributed by atoms with E-state index in [0.717, 1.165) is 18.5 Å². The van der Waals surface area contributed by atoms with Crippen molar-refractivity contribution >= 4 is 11.8 Å². The molecular formula is C17H20FNS. The first-order valence-electron chi connectivity index (χ1n) is 6.85. The molecule has 0 radical (unpaired) electrons. The van der Waals surface area contributed by atoms with Crippen LogP contribution in [0.25, 0.3) is 0 Å². The van der Waals surface area contributed by atoms with Crippen molar-refractivity contribution in [2.24, 2.45) is 0 Å². The van der Waals surface area contributed by atoms with Crippen LogP contribution in [0, 0.1) is 5.82 Å². The second-order valence-electron chi connectivity index (χ2n) is 4.69. The summed E-state index contributed by atoms with van der Waals surface area (Å²) < 4.78 is 13.3. The maximum absolute atomic E-state index is 13.3. The van der Waals surface area contributed by atoms with E-state index in [-0.39, 0.29) is 11.9 Å². The van der Waals surface area contributed by atoms with E-state index in [9.17, 15) is 4.39 Å². The van der Waals surface area contributed by atoms with Gasteiger partial charge in [-0.25, -0.2) is 4.39 Å². The molecule has 0 bridgehead atoms. The van der Waals surface area contributed by atoms with E-state index in [1.165, 1.54) is 16.5 Å². The zero-order chi connectivity index (χ0) is 14.4. The molecule has 3 heteroatoms. The highest BCUT2D eigenvalue weighted by atomic mass is 32.2. The fraction of sp³-hybridized carbons (Fsp3) is 0.294. The van der Waals surface area contributed by atoms with Gasteiger partial charge in [-0.15, -0.1) is 11.8 Å². The number of nitrogens with one attached hydrogen (secondary N) is 1. The standard InChI is InChI=1S/C17H20FNS/c1-3-19-16(12-13-7-6-8-14(18)11-13)15-9-4-5-10-17(15)20-2/h4-11,16,19H,3,12H2,1-2H3. The van der Waals surface area contributed by atoms with E-state index >= 15 is 0 Å². The van der Waals surface area contributed by atoms with E-state index < -0.39 is 0 Å². The summed E-state index contributed by atoms with van der Waals surface area (Å²) in [4.78, 5) is 1.27. The molecule has 1 unspecified atom stereocenters. The van der Waals surface area contributed by atoms with Crippen LogP contribution < -0.4 is 5.32 Å². The van der Waals surface area contributed by atoms with Crippen molar-refractivity contribution in [3.63, 3.8) is 0 Å². The van der Waals surface area contributed by atoms with Crippen molar-refractivity contribution in [3.8, 4) is 0 Å². The van der Waals surface area contributed by atoms with Crippen molar-refractivity contribution in [2.45, 2.75) is 24.3 Å². The van der Waals surface area contributed by atoms with Gasteiger partial charge in [0.05, 0.1) is 0 Å². The van der Waals surface area contributed by atoms with Crippen LogP contribution in [0.3, 0.4) is 0 Å². The summed E-state index contributed by atoms with van der Waals surface area (Å²) in [5.74, 6) is -0.170. The van der Waals surface area contributed by atoms with E-state index in [1.807, 2.05) is 6.07 Å². The van der Waals surface area contributed by atoms with Crippen LogP contribution in [0.5, 0.6) is 0 Å². The molecule has 0 amide bonds. The quantitative estimate of drug-likeness (QED) is 0.789. The Bertz CT molecular complexity index is 556. The fourth-order valence-corrected chi connectivity index (χ4v) is 3.05. The molecule has 2 rings (SSSR count). The predicted molar refractivity (Wildman–Crippen MR) is 84.7 cm³/mol. The minimum absolute atomic E-state index is 0.170. The third-order valence-electron chi connectivity index (χ3n) is 3.29. The average molecular weight is 289 g/mol. The monoisotopic (exact) mass is 289 g/mol. The summed E-state index contributed by atoms with van der Waals surface area (Å²) >= 11 is 1.75. The number of likely N-dealkylation sites (N-methyl/N-ethyl adjacent to an activating group) is 1. The minimum atomic E-state index is -0.170. The van der Waals surface area contributed by atoms with Gasteiger partial charge in [0, 0.05) is 10.9 Å². The Morgan fingerprint density at radius 1 is 1.15 bits per heavy atom. The number of rotatable bonds is 6. The lowest BCUT2D eigenvalue weighted by Gasteiger charge is -2.21. The second-order valence-corrected chi connectivity index (χ2v) is 5.53. The third kappa shape index (κ3) is 3.84. The molecule has 1 nitrogen and oxygen atoms in total. The number of halogens is 1. The molecule has 0 aliphatic carbocycles. The zero-order valence-electron chi connectivity index (χ0n) is 11.9. The predicted octanol–water partition coefficient (Wildman–Crippen LogP) is 4.44. The number of hydrogen-bond acceptors (Lipinski definition) is 2. The summed E-state index contributed by atoms with van der Waals surface area (Å²) in [5.41, 5.74) is 2.30. The lowest BCUT2D eigenvalue weighted by atomic mass is 9.98. The van der Waals surface area contributed by atoms with Gasteiger partial charge in [-0.1, -0.05) is 37.3 Å². The highest BCUT2D eigenvalue weighted by Gasteiger charge is 2.14. The first-order chi connectivity index (χ1) is 9.74. The maximum Gasteiger partial charge on any atom is 0.123 e. The molecule has 0 heterocycles. The van der Waals surface area contributed by atoms with Crippen LogP contribution in [-0.2, 0) is 6.42 Å². The highest BCUT2D eigenvalue weighted by molar-refractivity contribution is 7.98. The van der Waals surface area contributed by atoms with Crippen LogP contribution >= 0.6 is 11.8 Å². The zero-order valence-corrected chi connectivity index (χ0v) is 12.7. The van der Waals surface area contributed by atoms with E-state index in [0.29, 0.717) is 0 Å². The SMILES string of the molecule is CCNC(Cc1cccc(F)c1)c1ccccc1SC. The average Bonchev–Trinajstić information content (AvgIpc) is 2.47. The van der Waals surface area contributed by atoms with Gasteiger partial charge >= 0.3 is 0 Å². The number of hydrogen-bond donors (Lipinski definition) is 1. The number of thioether (sulfide) groups is 1. The molecule has 1 N–H and O–H groups in total. The van der Waals surface area contributed by atoms with Crippen molar-refractivity contribution in [3.05, 3.63) is 65.5 Å². The van der Waals surface area contributed by atoms with Crippen LogP contribution in [0.4, 0.5) is 4.39 Å². The first kappa shape index (κ1) is 15.1. The second kappa shape index (κ2) is 7.46. The van der Waals surface area contributed by atoms with Crippen molar-refractivity contribution in [2.75, 3.05) is 12.8 Å². The smallest absolute Gasteiger partial charge is 0.123 e. The van der Waals surface area contributed by atoms with Gasteiger partial charge in [-0.3, -0.25) is 0 Å². The minimum Gasteiger partial charge on any atom is -0.310 e. The molecule has 0 fully saturated rings. The summed E-state index contributed by atoms with van der Waals surface area (Å²) in [6, 6.07) is 15.5.